The average Bonchev–Trinajstić information content (AvgIpc) is 2.41. The highest BCUT2D eigenvalue weighted by Gasteiger charge is 2.31. The molecule has 1 heterocycles. The summed E-state index contributed by atoms with van der Waals surface area (Å²) < 4.78 is 5.48. The minimum Gasteiger partial charge on any atom is -0.444 e. The van der Waals surface area contributed by atoms with Crippen LogP contribution < -0.4 is 5.73 Å². The highest BCUT2D eigenvalue weighted by molar-refractivity contribution is 5.78. The molecule has 0 radical (unpaired) electrons. The Balaban J connectivity index is 2.80. The van der Waals surface area contributed by atoms with Crippen molar-refractivity contribution in [2.45, 2.75) is 71.6 Å². The molecule has 1 rings (SSSR count). The van der Waals surface area contributed by atoms with Crippen molar-refractivity contribution in [2.24, 2.45) is 5.73 Å². The van der Waals surface area contributed by atoms with Crippen molar-refractivity contribution in [2.75, 3.05) is 19.6 Å². The second-order valence-electron chi connectivity index (χ2n) is 7.17. The molecule has 0 aromatic heterocycles. The van der Waals surface area contributed by atoms with E-state index in [0.29, 0.717) is 6.54 Å². The van der Waals surface area contributed by atoms with Gasteiger partial charge < -0.3 is 20.3 Å². The molecule has 1 aliphatic rings. The zero-order valence-electron chi connectivity index (χ0n) is 14.6. The zero-order valence-corrected chi connectivity index (χ0v) is 14.6. The number of nitrogens with zero attached hydrogens (tertiary/aromatic N) is 2. The fourth-order valence-electron chi connectivity index (χ4n) is 2.68. The van der Waals surface area contributed by atoms with Gasteiger partial charge >= 0.3 is 6.09 Å². The lowest BCUT2D eigenvalue weighted by atomic mass is 10.0. The van der Waals surface area contributed by atoms with Crippen LogP contribution in [0.4, 0.5) is 4.79 Å². The van der Waals surface area contributed by atoms with Crippen LogP contribution in [0.25, 0.3) is 0 Å². The van der Waals surface area contributed by atoms with Gasteiger partial charge in [-0.15, -0.1) is 0 Å². The van der Waals surface area contributed by atoms with Crippen molar-refractivity contribution in [3.8, 4) is 0 Å². The Morgan fingerprint density at radius 3 is 2.45 bits per heavy atom. The Morgan fingerprint density at radius 2 is 1.95 bits per heavy atom. The standard InChI is InChI=1S/C16H31N3O3/c1-12(2)19(15(21)22-16(3,4)5)11-13-8-6-7-9-18(13)14(20)10-17/h12-13H,6-11,17H2,1-5H3. The normalized spacial score (nSPS) is 19.2. The minimum atomic E-state index is -0.524. The predicted octanol–water partition coefficient (Wildman–Crippen LogP) is 1.97. The van der Waals surface area contributed by atoms with Gasteiger partial charge in [0.15, 0.2) is 0 Å². The SMILES string of the molecule is CC(C)N(CC1CCCCN1C(=O)CN)C(=O)OC(C)(C)C. The zero-order chi connectivity index (χ0) is 16.9. The van der Waals surface area contributed by atoms with E-state index in [9.17, 15) is 9.59 Å². The van der Waals surface area contributed by atoms with E-state index in [0.717, 1.165) is 25.8 Å². The lowest BCUT2D eigenvalue weighted by Gasteiger charge is -2.40. The second kappa shape index (κ2) is 7.81. The van der Waals surface area contributed by atoms with Gasteiger partial charge in [-0.25, -0.2) is 4.79 Å². The molecule has 0 spiro atoms. The largest absolute Gasteiger partial charge is 0.444 e. The first kappa shape index (κ1) is 18.7. The number of hydrogen-bond acceptors (Lipinski definition) is 4. The van der Waals surface area contributed by atoms with Crippen LogP contribution in [-0.2, 0) is 9.53 Å². The molecule has 1 unspecified atom stereocenters. The maximum absolute atomic E-state index is 12.4. The van der Waals surface area contributed by atoms with Gasteiger partial charge in [-0.2, -0.15) is 0 Å². The topological polar surface area (TPSA) is 75.9 Å². The molecular formula is C16H31N3O3. The predicted molar refractivity (Wildman–Crippen MR) is 86.5 cm³/mol. The fraction of sp³-hybridized carbons (Fsp3) is 0.875. The van der Waals surface area contributed by atoms with Crippen LogP contribution in [0.2, 0.25) is 0 Å². The van der Waals surface area contributed by atoms with E-state index in [2.05, 4.69) is 0 Å². The first-order valence-electron chi connectivity index (χ1n) is 8.15. The number of likely N-dealkylation sites (tertiary alicyclic amines) is 1. The lowest BCUT2D eigenvalue weighted by Crippen LogP contribution is -2.54. The number of amides is 2. The highest BCUT2D eigenvalue weighted by Crippen LogP contribution is 2.20. The van der Waals surface area contributed by atoms with Gasteiger partial charge in [-0.1, -0.05) is 0 Å². The monoisotopic (exact) mass is 313 g/mol. The van der Waals surface area contributed by atoms with E-state index < -0.39 is 5.60 Å². The number of nitrogens with two attached hydrogens (primary N) is 1. The minimum absolute atomic E-state index is 0.0185. The number of rotatable bonds is 4. The van der Waals surface area contributed by atoms with E-state index >= 15 is 0 Å². The number of ether oxygens (including phenoxy) is 1. The van der Waals surface area contributed by atoms with Crippen molar-refractivity contribution in [1.82, 2.24) is 9.80 Å². The first-order valence-corrected chi connectivity index (χ1v) is 8.15. The smallest absolute Gasteiger partial charge is 0.410 e. The first-order chi connectivity index (χ1) is 10.2. The average molecular weight is 313 g/mol. The molecule has 2 N–H and O–H groups in total. The molecule has 6 heteroatoms. The van der Waals surface area contributed by atoms with Crippen molar-refractivity contribution in [3.63, 3.8) is 0 Å². The molecule has 2 amide bonds. The Labute approximate surface area is 134 Å². The van der Waals surface area contributed by atoms with Crippen molar-refractivity contribution in [3.05, 3.63) is 0 Å². The summed E-state index contributed by atoms with van der Waals surface area (Å²) in [5.41, 5.74) is 4.98. The molecule has 0 aliphatic carbocycles. The van der Waals surface area contributed by atoms with Gasteiger partial charge in [0.1, 0.15) is 5.60 Å². The molecule has 1 fully saturated rings. The van der Waals surface area contributed by atoms with Crippen LogP contribution in [0.3, 0.4) is 0 Å². The maximum atomic E-state index is 12.4. The molecule has 0 aromatic carbocycles. The molecule has 1 aliphatic heterocycles. The maximum Gasteiger partial charge on any atom is 0.410 e. The van der Waals surface area contributed by atoms with Gasteiger partial charge in [0.25, 0.3) is 0 Å². The second-order valence-corrected chi connectivity index (χ2v) is 7.17. The molecule has 0 saturated carbocycles. The van der Waals surface area contributed by atoms with E-state index in [1.54, 1.807) is 4.90 Å². The summed E-state index contributed by atoms with van der Waals surface area (Å²) in [5, 5.41) is 0. The van der Waals surface area contributed by atoms with E-state index in [-0.39, 0.29) is 30.6 Å². The van der Waals surface area contributed by atoms with E-state index in [4.69, 9.17) is 10.5 Å². The molecule has 0 bridgehead atoms. The number of carbonyl (C=O) groups excluding carboxylic acids is 2. The van der Waals surface area contributed by atoms with Crippen molar-refractivity contribution < 1.29 is 14.3 Å². The Morgan fingerprint density at radius 1 is 1.32 bits per heavy atom. The highest BCUT2D eigenvalue weighted by atomic mass is 16.6. The van der Waals surface area contributed by atoms with Gasteiger partial charge in [0.2, 0.25) is 5.91 Å². The van der Waals surface area contributed by atoms with Gasteiger partial charge in [0, 0.05) is 25.2 Å². The summed E-state index contributed by atoms with van der Waals surface area (Å²) in [6.07, 6.45) is 2.64. The van der Waals surface area contributed by atoms with Crippen LogP contribution >= 0.6 is 0 Å². The number of hydrogen-bond donors (Lipinski definition) is 1. The van der Waals surface area contributed by atoms with Crippen LogP contribution in [0.5, 0.6) is 0 Å². The summed E-state index contributed by atoms with van der Waals surface area (Å²) in [5.74, 6) is -0.0439. The summed E-state index contributed by atoms with van der Waals surface area (Å²) in [4.78, 5) is 27.9. The van der Waals surface area contributed by atoms with Crippen LogP contribution in [0.1, 0.15) is 53.9 Å². The van der Waals surface area contributed by atoms with Gasteiger partial charge in [-0.05, 0) is 53.9 Å². The van der Waals surface area contributed by atoms with Crippen molar-refractivity contribution in [1.29, 1.82) is 0 Å². The summed E-state index contributed by atoms with van der Waals surface area (Å²) in [7, 11) is 0. The van der Waals surface area contributed by atoms with Crippen molar-refractivity contribution >= 4 is 12.0 Å². The Kier molecular flexibility index (Phi) is 6.66. The molecule has 1 atom stereocenters. The quantitative estimate of drug-likeness (QED) is 0.861. The fourth-order valence-corrected chi connectivity index (χ4v) is 2.68. The van der Waals surface area contributed by atoms with Gasteiger partial charge in [0.05, 0.1) is 6.54 Å². The molecule has 1 saturated heterocycles. The van der Waals surface area contributed by atoms with Crippen LogP contribution in [0.15, 0.2) is 0 Å². The summed E-state index contributed by atoms with van der Waals surface area (Å²) >= 11 is 0. The lowest BCUT2D eigenvalue weighted by molar-refractivity contribution is -0.133. The van der Waals surface area contributed by atoms with Crippen LogP contribution in [-0.4, -0.2) is 59.1 Å². The molecular weight excluding hydrogens is 282 g/mol. The Hall–Kier alpha value is -1.30. The van der Waals surface area contributed by atoms with Crippen LogP contribution in [0, 0.1) is 0 Å². The molecule has 0 aromatic rings. The third-order valence-corrected chi connectivity index (χ3v) is 3.78. The Bertz CT molecular complexity index is 391. The number of carbonyl (C=O) groups is 2. The third kappa shape index (κ3) is 5.48. The molecule has 128 valence electrons. The number of piperidine rings is 1. The summed E-state index contributed by atoms with van der Waals surface area (Å²) in [6.45, 7) is 10.7. The molecule has 22 heavy (non-hydrogen) atoms. The van der Waals surface area contributed by atoms with E-state index in [1.807, 2.05) is 39.5 Å². The molecule has 6 nitrogen and oxygen atoms in total. The third-order valence-electron chi connectivity index (χ3n) is 3.78. The summed E-state index contributed by atoms with van der Waals surface area (Å²) in [6, 6.07) is 0.0475. The van der Waals surface area contributed by atoms with Gasteiger partial charge in [-0.3, -0.25) is 4.79 Å². The van der Waals surface area contributed by atoms with E-state index in [1.165, 1.54) is 0 Å².